The number of hydrogen-bond acceptors (Lipinski definition) is 3. The zero-order valence-electron chi connectivity index (χ0n) is 16.3. The summed E-state index contributed by atoms with van der Waals surface area (Å²) in [5, 5.41) is 2.90. The molecule has 0 saturated heterocycles. The van der Waals surface area contributed by atoms with E-state index >= 15 is 0 Å². The first-order chi connectivity index (χ1) is 13.0. The molecular weight excluding hydrogens is 340 g/mol. The van der Waals surface area contributed by atoms with Gasteiger partial charge in [0.1, 0.15) is 5.75 Å². The van der Waals surface area contributed by atoms with Gasteiger partial charge in [-0.25, -0.2) is 0 Å². The summed E-state index contributed by atoms with van der Waals surface area (Å²) < 4.78 is 5.15. The summed E-state index contributed by atoms with van der Waals surface area (Å²) in [6.07, 6.45) is 1.12. The first-order valence-electron chi connectivity index (χ1n) is 9.18. The number of rotatable bonds is 9. The zero-order valence-corrected chi connectivity index (χ0v) is 16.3. The number of methoxy groups -OCH3 is 1. The Morgan fingerprint density at radius 1 is 1.04 bits per heavy atom. The van der Waals surface area contributed by atoms with E-state index in [0.717, 1.165) is 28.9 Å². The summed E-state index contributed by atoms with van der Waals surface area (Å²) in [7, 11) is 1.64. The summed E-state index contributed by atoms with van der Waals surface area (Å²) in [6.45, 7) is 5.14. The molecule has 0 aliphatic carbocycles. The first kappa shape index (κ1) is 20.5. The fraction of sp³-hybridized carbons (Fsp3) is 0.364. The van der Waals surface area contributed by atoms with Crippen LogP contribution < -0.4 is 10.1 Å². The Morgan fingerprint density at radius 2 is 1.78 bits per heavy atom. The lowest BCUT2D eigenvalue weighted by molar-refractivity contribution is -0.129. The maximum Gasteiger partial charge on any atom is 0.224 e. The Kier molecular flexibility index (Phi) is 7.86. The number of nitrogens with zero attached hydrogens (tertiary/aromatic N) is 1. The van der Waals surface area contributed by atoms with Crippen LogP contribution >= 0.6 is 0 Å². The lowest BCUT2D eigenvalue weighted by Crippen LogP contribution is -2.39. The minimum absolute atomic E-state index is 0.0106. The number of benzene rings is 2. The van der Waals surface area contributed by atoms with Crippen molar-refractivity contribution in [3.05, 3.63) is 65.2 Å². The van der Waals surface area contributed by atoms with Gasteiger partial charge in [-0.15, -0.1) is 0 Å². The Morgan fingerprint density at radius 3 is 2.41 bits per heavy atom. The topological polar surface area (TPSA) is 58.6 Å². The highest BCUT2D eigenvalue weighted by atomic mass is 16.5. The molecule has 0 unspecified atom stereocenters. The van der Waals surface area contributed by atoms with Crippen LogP contribution in [0.15, 0.2) is 48.5 Å². The quantitative estimate of drug-likeness (QED) is 0.740. The van der Waals surface area contributed by atoms with E-state index in [4.69, 9.17) is 4.74 Å². The summed E-state index contributed by atoms with van der Waals surface area (Å²) >= 11 is 0. The summed E-state index contributed by atoms with van der Waals surface area (Å²) in [6, 6.07) is 15.8. The van der Waals surface area contributed by atoms with Crippen LogP contribution in [-0.4, -0.2) is 43.5 Å². The highest BCUT2D eigenvalue weighted by Gasteiger charge is 2.10. The van der Waals surface area contributed by atoms with Crippen molar-refractivity contribution in [1.29, 1.82) is 0 Å². The van der Waals surface area contributed by atoms with Crippen LogP contribution in [0.5, 0.6) is 5.75 Å². The van der Waals surface area contributed by atoms with E-state index in [1.165, 1.54) is 0 Å². The van der Waals surface area contributed by atoms with Crippen molar-refractivity contribution in [2.45, 2.75) is 26.7 Å². The van der Waals surface area contributed by atoms with Crippen LogP contribution in [-0.2, 0) is 22.4 Å². The third kappa shape index (κ3) is 7.13. The van der Waals surface area contributed by atoms with Gasteiger partial charge in [0, 0.05) is 26.6 Å². The second-order valence-electron chi connectivity index (χ2n) is 6.62. The van der Waals surface area contributed by atoms with E-state index in [2.05, 4.69) is 5.32 Å². The Labute approximate surface area is 161 Å². The molecule has 2 amide bonds. The van der Waals surface area contributed by atoms with Gasteiger partial charge in [-0.2, -0.15) is 0 Å². The Bertz CT molecular complexity index is 756. The van der Waals surface area contributed by atoms with Gasteiger partial charge in [-0.1, -0.05) is 42.0 Å². The van der Waals surface area contributed by atoms with Gasteiger partial charge in [0.05, 0.1) is 13.5 Å². The van der Waals surface area contributed by atoms with Crippen molar-refractivity contribution >= 4 is 11.8 Å². The molecule has 0 fully saturated rings. The molecule has 144 valence electrons. The minimum atomic E-state index is -0.0285. The highest BCUT2D eigenvalue weighted by molar-refractivity contribution is 5.78. The Balaban J connectivity index is 1.76. The fourth-order valence-corrected chi connectivity index (χ4v) is 2.88. The molecule has 27 heavy (non-hydrogen) atoms. The van der Waals surface area contributed by atoms with Gasteiger partial charge in [-0.05, 0) is 36.6 Å². The largest absolute Gasteiger partial charge is 0.497 e. The fourth-order valence-electron chi connectivity index (χ4n) is 2.88. The van der Waals surface area contributed by atoms with Gasteiger partial charge in [0.2, 0.25) is 11.8 Å². The maximum absolute atomic E-state index is 12.1. The summed E-state index contributed by atoms with van der Waals surface area (Å²) in [5.74, 6) is 0.800. The molecule has 0 radical (unpaired) electrons. The molecule has 0 bridgehead atoms. The molecular formula is C22H28N2O3. The van der Waals surface area contributed by atoms with E-state index in [-0.39, 0.29) is 11.8 Å². The van der Waals surface area contributed by atoms with Crippen LogP contribution in [0.1, 0.15) is 23.6 Å². The van der Waals surface area contributed by atoms with Crippen molar-refractivity contribution in [3.8, 4) is 5.75 Å². The number of amides is 2. The lowest BCUT2D eigenvalue weighted by atomic mass is 10.1. The van der Waals surface area contributed by atoms with Gasteiger partial charge < -0.3 is 15.0 Å². The number of hydrogen-bond donors (Lipinski definition) is 1. The standard InChI is InChI=1S/C22H28N2O3/c1-17-5-4-6-20(15-17)16-22(26)23-12-14-24(18(2)25)13-11-19-7-9-21(27-3)10-8-19/h4-10,15H,11-14,16H2,1-3H3,(H,23,26). The van der Waals surface area contributed by atoms with Crippen LogP contribution in [0.4, 0.5) is 0 Å². The van der Waals surface area contributed by atoms with E-state index in [0.29, 0.717) is 26.1 Å². The molecule has 0 aliphatic rings. The number of aryl methyl sites for hydroxylation is 1. The normalized spacial score (nSPS) is 10.3. The highest BCUT2D eigenvalue weighted by Crippen LogP contribution is 2.12. The van der Waals surface area contributed by atoms with E-state index in [1.54, 1.807) is 18.9 Å². The molecule has 2 aromatic carbocycles. The van der Waals surface area contributed by atoms with Crippen LogP contribution in [0.3, 0.4) is 0 Å². The van der Waals surface area contributed by atoms with Crippen molar-refractivity contribution in [1.82, 2.24) is 10.2 Å². The smallest absolute Gasteiger partial charge is 0.224 e. The molecule has 0 spiro atoms. The molecule has 1 N–H and O–H groups in total. The first-order valence-corrected chi connectivity index (χ1v) is 9.18. The van der Waals surface area contributed by atoms with Crippen molar-refractivity contribution in [3.63, 3.8) is 0 Å². The van der Waals surface area contributed by atoms with Crippen molar-refractivity contribution < 1.29 is 14.3 Å². The Hall–Kier alpha value is -2.82. The molecule has 0 saturated carbocycles. The maximum atomic E-state index is 12.1. The third-order valence-electron chi connectivity index (χ3n) is 4.43. The monoisotopic (exact) mass is 368 g/mol. The average Bonchev–Trinajstić information content (AvgIpc) is 2.64. The van der Waals surface area contributed by atoms with Gasteiger partial charge in [0.15, 0.2) is 0 Å². The SMILES string of the molecule is COc1ccc(CCN(CCNC(=O)Cc2cccc(C)c2)C(C)=O)cc1. The lowest BCUT2D eigenvalue weighted by Gasteiger charge is -2.21. The van der Waals surface area contributed by atoms with Gasteiger partial charge >= 0.3 is 0 Å². The molecule has 2 aromatic rings. The molecule has 5 nitrogen and oxygen atoms in total. The van der Waals surface area contributed by atoms with Gasteiger partial charge in [-0.3, -0.25) is 9.59 Å². The number of carbonyl (C=O) groups is 2. The van der Waals surface area contributed by atoms with Crippen LogP contribution in [0.2, 0.25) is 0 Å². The second-order valence-corrected chi connectivity index (χ2v) is 6.62. The summed E-state index contributed by atoms with van der Waals surface area (Å²) in [5.41, 5.74) is 3.28. The number of nitrogens with one attached hydrogen (secondary N) is 1. The van der Waals surface area contributed by atoms with Gasteiger partial charge in [0.25, 0.3) is 0 Å². The molecule has 5 heteroatoms. The molecule has 0 aromatic heterocycles. The molecule has 0 heterocycles. The van der Waals surface area contributed by atoms with E-state index in [9.17, 15) is 9.59 Å². The predicted octanol–water partition coefficient (Wildman–Crippen LogP) is 2.75. The average molecular weight is 368 g/mol. The summed E-state index contributed by atoms with van der Waals surface area (Å²) in [4.78, 5) is 25.7. The zero-order chi connectivity index (χ0) is 19.6. The van der Waals surface area contributed by atoms with Crippen LogP contribution in [0, 0.1) is 6.92 Å². The molecule has 0 aliphatic heterocycles. The van der Waals surface area contributed by atoms with Crippen molar-refractivity contribution in [2.24, 2.45) is 0 Å². The predicted molar refractivity (Wildman–Crippen MR) is 107 cm³/mol. The number of carbonyl (C=O) groups excluding carboxylic acids is 2. The van der Waals surface area contributed by atoms with E-state index < -0.39 is 0 Å². The van der Waals surface area contributed by atoms with E-state index in [1.807, 2.05) is 55.5 Å². The van der Waals surface area contributed by atoms with Crippen molar-refractivity contribution in [2.75, 3.05) is 26.7 Å². The third-order valence-corrected chi connectivity index (χ3v) is 4.43. The second kappa shape index (κ2) is 10.4. The minimum Gasteiger partial charge on any atom is -0.497 e. The molecule has 2 rings (SSSR count). The molecule has 0 atom stereocenters. The van der Waals surface area contributed by atoms with Crippen LogP contribution in [0.25, 0.3) is 0 Å². The number of ether oxygens (including phenoxy) is 1.